The Morgan fingerprint density at radius 2 is 2.30 bits per heavy atom. The monoisotopic (exact) mass is 272 g/mol. The van der Waals surface area contributed by atoms with Gasteiger partial charge in [0, 0.05) is 17.8 Å². The number of primary amides is 1. The van der Waals surface area contributed by atoms with Crippen molar-refractivity contribution in [3.05, 3.63) is 34.6 Å². The number of nitrogen functional groups attached to an aromatic ring is 1. The smallest absolute Gasteiger partial charge is 0.252 e. The molecule has 0 atom stereocenters. The van der Waals surface area contributed by atoms with Crippen LogP contribution >= 0.6 is 0 Å². The Balaban J connectivity index is 1.88. The number of carbonyl (C=O) groups is 1. The number of aromatic nitrogens is 3. The fraction of sp³-hybridized carbons (Fsp3) is 0.308. The first kappa shape index (κ1) is 12.5. The molecule has 0 saturated heterocycles. The van der Waals surface area contributed by atoms with Crippen molar-refractivity contribution in [3.63, 3.8) is 0 Å². The predicted molar refractivity (Wildman–Crippen MR) is 75.1 cm³/mol. The first-order chi connectivity index (χ1) is 9.65. The van der Waals surface area contributed by atoms with E-state index in [0.29, 0.717) is 23.7 Å². The van der Waals surface area contributed by atoms with Crippen molar-refractivity contribution in [2.45, 2.75) is 25.8 Å². The van der Waals surface area contributed by atoms with Crippen LogP contribution in [0.25, 0.3) is 0 Å². The molecule has 0 aliphatic heterocycles. The molecule has 0 bridgehead atoms. The zero-order valence-corrected chi connectivity index (χ0v) is 10.9. The normalized spacial score (nSPS) is 13.2. The molecule has 0 unspecified atom stereocenters. The highest BCUT2D eigenvalue weighted by Gasteiger charge is 2.19. The maximum Gasteiger partial charge on any atom is 0.252 e. The summed E-state index contributed by atoms with van der Waals surface area (Å²) >= 11 is 0. The van der Waals surface area contributed by atoms with Crippen LogP contribution in [0, 0.1) is 0 Å². The van der Waals surface area contributed by atoms with Crippen molar-refractivity contribution in [2.75, 3.05) is 11.1 Å². The van der Waals surface area contributed by atoms with Crippen molar-refractivity contribution in [2.24, 2.45) is 5.73 Å². The van der Waals surface area contributed by atoms with Crippen LogP contribution in [0.1, 0.15) is 33.6 Å². The van der Waals surface area contributed by atoms with Gasteiger partial charge < -0.3 is 16.8 Å². The van der Waals surface area contributed by atoms with E-state index in [-0.39, 0.29) is 0 Å². The van der Waals surface area contributed by atoms with E-state index < -0.39 is 5.91 Å². The van der Waals surface area contributed by atoms with Gasteiger partial charge in [0.2, 0.25) is 0 Å². The maximum absolute atomic E-state index is 11.5. The summed E-state index contributed by atoms with van der Waals surface area (Å²) in [5, 5.41) is 9.62. The van der Waals surface area contributed by atoms with Crippen LogP contribution in [0.3, 0.4) is 0 Å². The Morgan fingerprint density at radius 1 is 1.45 bits per heavy atom. The van der Waals surface area contributed by atoms with Gasteiger partial charge in [0.25, 0.3) is 5.91 Å². The second kappa shape index (κ2) is 4.84. The lowest BCUT2D eigenvalue weighted by molar-refractivity contribution is 0.100. The molecular weight excluding hydrogens is 256 g/mol. The van der Waals surface area contributed by atoms with Gasteiger partial charge in [-0.1, -0.05) is 0 Å². The largest absolute Gasteiger partial charge is 0.384 e. The number of amides is 1. The second-order valence-corrected chi connectivity index (χ2v) is 4.87. The van der Waals surface area contributed by atoms with Gasteiger partial charge in [-0.05, 0) is 30.9 Å². The van der Waals surface area contributed by atoms with Crippen LogP contribution in [-0.4, -0.2) is 21.1 Å². The molecule has 6 N–H and O–H groups in total. The average Bonchev–Trinajstić information content (AvgIpc) is 3.03. The number of anilines is 2. The zero-order valence-electron chi connectivity index (χ0n) is 10.9. The summed E-state index contributed by atoms with van der Waals surface area (Å²) in [6, 6.07) is 1.85. The number of hydrogen-bond acceptors (Lipinski definition) is 5. The highest BCUT2D eigenvalue weighted by Crippen LogP contribution is 2.25. The minimum atomic E-state index is -0.477. The van der Waals surface area contributed by atoms with Crippen LogP contribution in [0.5, 0.6) is 0 Å². The molecule has 0 aromatic carbocycles. The van der Waals surface area contributed by atoms with Crippen LogP contribution in [0.2, 0.25) is 0 Å². The molecule has 2 aromatic heterocycles. The lowest BCUT2D eigenvalue weighted by atomic mass is 10.1. The molecule has 3 rings (SSSR count). The fourth-order valence-electron chi connectivity index (χ4n) is 2.44. The van der Waals surface area contributed by atoms with Gasteiger partial charge in [-0.2, -0.15) is 5.10 Å². The fourth-order valence-corrected chi connectivity index (χ4v) is 2.44. The molecule has 2 heterocycles. The van der Waals surface area contributed by atoms with Crippen LogP contribution in [-0.2, 0) is 19.4 Å². The van der Waals surface area contributed by atoms with Crippen molar-refractivity contribution in [3.8, 4) is 0 Å². The first-order valence-corrected chi connectivity index (χ1v) is 6.49. The number of carbonyl (C=O) groups excluding carboxylic acids is 1. The standard InChI is InChI=1S/C13H16N6O/c14-11-8(6-17-19-11)5-16-13-9(12(15)20)4-7-2-1-3-10(7)18-13/h4,6H,1-3,5H2,(H2,15,20)(H,16,18)(H3,14,17,19). The number of H-pyrrole nitrogens is 1. The molecule has 1 aliphatic rings. The molecule has 0 radical (unpaired) electrons. The Hall–Kier alpha value is -2.57. The van der Waals surface area contributed by atoms with Crippen molar-refractivity contribution in [1.82, 2.24) is 15.2 Å². The molecule has 1 amide bonds. The molecule has 104 valence electrons. The van der Waals surface area contributed by atoms with Gasteiger partial charge in [0.15, 0.2) is 0 Å². The number of aromatic amines is 1. The lowest BCUT2D eigenvalue weighted by Gasteiger charge is -2.11. The number of hydrogen-bond donors (Lipinski definition) is 4. The number of rotatable bonds is 4. The van der Waals surface area contributed by atoms with Crippen LogP contribution in [0.15, 0.2) is 12.3 Å². The minimum Gasteiger partial charge on any atom is -0.384 e. The summed E-state index contributed by atoms with van der Waals surface area (Å²) in [7, 11) is 0. The topological polar surface area (TPSA) is 123 Å². The number of pyridine rings is 1. The molecule has 20 heavy (non-hydrogen) atoms. The van der Waals surface area contributed by atoms with E-state index >= 15 is 0 Å². The number of nitrogens with two attached hydrogens (primary N) is 2. The molecule has 7 heteroatoms. The molecule has 0 fully saturated rings. The molecule has 7 nitrogen and oxygen atoms in total. The highest BCUT2D eigenvalue weighted by molar-refractivity contribution is 5.97. The van der Waals surface area contributed by atoms with E-state index in [1.165, 1.54) is 0 Å². The van der Waals surface area contributed by atoms with Gasteiger partial charge >= 0.3 is 0 Å². The second-order valence-electron chi connectivity index (χ2n) is 4.87. The molecule has 0 saturated carbocycles. The van der Waals surface area contributed by atoms with Crippen molar-refractivity contribution in [1.29, 1.82) is 0 Å². The van der Waals surface area contributed by atoms with E-state index in [0.717, 1.165) is 36.1 Å². The van der Waals surface area contributed by atoms with Crippen molar-refractivity contribution >= 4 is 17.5 Å². The van der Waals surface area contributed by atoms with E-state index in [1.54, 1.807) is 6.20 Å². The molecule has 1 aliphatic carbocycles. The van der Waals surface area contributed by atoms with Crippen LogP contribution < -0.4 is 16.8 Å². The number of aryl methyl sites for hydroxylation is 2. The Kier molecular flexibility index (Phi) is 3.02. The predicted octanol–water partition coefficient (Wildman–Crippen LogP) is 0.587. The maximum atomic E-state index is 11.5. The molecular formula is C13H16N6O. The Morgan fingerprint density at radius 3 is 3.00 bits per heavy atom. The quantitative estimate of drug-likeness (QED) is 0.648. The van der Waals surface area contributed by atoms with E-state index in [2.05, 4.69) is 20.5 Å². The number of nitrogens with one attached hydrogen (secondary N) is 2. The van der Waals surface area contributed by atoms with Gasteiger partial charge in [0.05, 0.1) is 11.8 Å². The highest BCUT2D eigenvalue weighted by atomic mass is 16.1. The lowest BCUT2D eigenvalue weighted by Crippen LogP contribution is -2.17. The van der Waals surface area contributed by atoms with Crippen LogP contribution in [0.4, 0.5) is 11.6 Å². The first-order valence-electron chi connectivity index (χ1n) is 6.49. The van der Waals surface area contributed by atoms with E-state index in [1.807, 2.05) is 6.07 Å². The van der Waals surface area contributed by atoms with Gasteiger partial charge in [-0.25, -0.2) is 4.98 Å². The number of nitrogens with zero attached hydrogens (tertiary/aromatic N) is 2. The molecule has 2 aromatic rings. The number of fused-ring (bicyclic) bond motifs is 1. The van der Waals surface area contributed by atoms with Gasteiger partial charge in [-0.15, -0.1) is 0 Å². The van der Waals surface area contributed by atoms with E-state index in [4.69, 9.17) is 11.5 Å². The summed E-state index contributed by atoms with van der Waals surface area (Å²) < 4.78 is 0. The van der Waals surface area contributed by atoms with Gasteiger partial charge in [0.1, 0.15) is 11.6 Å². The third kappa shape index (κ3) is 2.18. The average molecular weight is 272 g/mol. The Labute approximate surface area is 115 Å². The van der Waals surface area contributed by atoms with Gasteiger partial charge in [-0.3, -0.25) is 9.89 Å². The SMILES string of the molecule is NC(=O)c1cc2c(nc1NCc1cn[nH]c1N)CCC2. The summed E-state index contributed by atoms with van der Waals surface area (Å²) in [6.07, 6.45) is 4.60. The minimum absolute atomic E-state index is 0.424. The summed E-state index contributed by atoms with van der Waals surface area (Å²) in [6.45, 7) is 0.439. The van der Waals surface area contributed by atoms with E-state index in [9.17, 15) is 4.79 Å². The summed E-state index contributed by atoms with van der Waals surface area (Å²) in [5.74, 6) is 0.535. The van der Waals surface area contributed by atoms with Crippen molar-refractivity contribution < 1.29 is 4.79 Å². The third-order valence-electron chi connectivity index (χ3n) is 3.51. The third-order valence-corrected chi connectivity index (χ3v) is 3.51. The summed E-state index contributed by atoms with van der Waals surface area (Å²) in [4.78, 5) is 16.1. The Bertz CT molecular complexity index is 663. The zero-order chi connectivity index (χ0) is 14.1. The molecule has 0 spiro atoms. The summed E-state index contributed by atoms with van der Waals surface area (Å²) in [5.41, 5.74) is 14.6.